The van der Waals surface area contributed by atoms with Crippen LogP contribution in [-0.4, -0.2) is 12.0 Å². The van der Waals surface area contributed by atoms with Gasteiger partial charge in [0.1, 0.15) is 0 Å². The van der Waals surface area contributed by atoms with E-state index in [4.69, 9.17) is 5.73 Å². The topological polar surface area (TPSA) is 42.1 Å². The van der Waals surface area contributed by atoms with Gasteiger partial charge in [0, 0.05) is 19.6 Å². The molecule has 19 heavy (non-hydrogen) atoms. The van der Waals surface area contributed by atoms with Crippen LogP contribution in [0.1, 0.15) is 30.6 Å². The summed E-state index contributed by atoms with van der Waals surface area (Å²) in [6.45, 7) is 2.95. The molecule has 3 heteroatoms. The van der Waals surface area contributed by atoms with Gasteiger partial charge < -0.3 is 10.6 Å². The summed E-state index contributed by atoms with van der Waals surface area (Å²) in [5.74, 6) is 0. The lowest BCUT2D eigenvalue weighted by atomic mass is 10.1. The SMILES string of the molecule is CC[C@@H](N)c1ccc(N(C)Cc2ccccc2)cn1. The van der Waals surface area contributed by atoms with Crippen LogP contribution < -0.4 is 10.6 Å². The molecule has 1 aromatic carbocycles. The molecule has 0 spiro atoms. The summed E-state index contributed by atoms with van der Waals surface area (Å²) in [7, 11) is 2.07. The number of benzene rings is 1. The van der Waals surface area contributed by atoms with Crippen LogP contribution >= 0.6 is 0 Å². The zero-order valence-electron chi connectivity index (χ0n) is 11.6. The molecule has 0 saturated carbocycles. The van der Waals surface area contributed by atoms with Gasteiger partial charge in [-0.1, -0.05) is 37.3 Å². The Balaban J connectivity index is 2.05. The summed E-state index contributed by atoms with van der Waals surface area (Å²) in [5.41, 5.74) is 9.32. The number of aromatic nitrogens is 1. The third kappa shape index (κ3) is 3.55. The third-order valence-corrected chi connectivity index (χ3v) is 3.29. The van der Waals surface area contributed by atoms with Crippen molar-refractivity contribution in [2.24, 2.45) is 5.73 Å². The molecule has 0 aliphatic heterocycles. The summed E-state index contributed by atoms with van der Waals surface area (Å²) >= 11 is 0. The van der Waals surface area contributed by atoms with Crippen LogP contribution in [0.5, 0.6) is 0 Å². The molecule has 1 heterocycles. The van der Waals surface area contributed by atoms with Crippen molar-refractivity contribution in [2.45, 2.75) is 25.9 Å². The lowest BCUT2D eigenvalue weighted by Crippen LogP contribution is -2.17. The van der Waals surface area contributed by atoms with E-state index in [0.717, 1.165) is 24.3 Å². The Kier molecular flexibility index (Phi) is 4.53. The van der Waals surface area contributed by atoms with E-state index in [9.17, 15) is 0 Å². The largest absolute Gasteiger partial charge is 0.369 e. The Labute approximate surface area is 115 Å². The molecule has 0 saturated heterocycles. The number of pyridine rings is 1. The summed E-state index contributed by atoms with van der Waals surface area (Å²) in [6.07, 6.45) is 2.81. The van der Waals surface area contributed by atoms with Crippen LogP contribution in [0.2, 0.25) is 0 Å². The maximum Gasteiger partial charge on any atom is 0.0572 e. The van der Waals surface area contributed by atoms with Gasteiger partial charge in [-0.05, 0) is 24.1 Å². The molecule has 0 aliphatic rings. The van der Waals surface area contributed by atoms with Crippen molar-refractivity contribution in [3.05, 3.63) is 59.9 Å². The van der Waals surface area contributed by atoms with Gasteiger partial charge in [0.15, 0.2) is 0 Å². The Morgan fingerprint density at radius 1 is 1.16 bits per heavy atom. The normalized spacial score (nSPS) is 12.2. The van der Waals surface area contributed by atoms with E-state index in [-0.39, 0.29) is 6.04 Å². The molecule has 0 bridgehead atoms. The van der Waals surface area contributed by atoms with E-state index in [2.05, 4.69) is 54.2 Å². The van der Waals surface area contributed by atoms with E-state index in [1.807, 2.05) is 18.3 Å². The molecule has 0 fully saturated rings. The highest BCUT2D eigenvalue weighted by Crippen LogP contribution is 2.17. The molecular weight excluding hydrogens is 234 g/mol. The van der Waals surface area contributed by atoms with Crippen molar-refractivity contribution < 1.29 is 0 Å². The van der Waals surface area contributed by atoms with Gasteiger partial charge in [-0.25, -0.2) is 0 Å². The first kappa shape index (κ1) is 13.6. The van der Waals surface area contributed by atoms with Crippen LogP contribution in [0.3, 0.4) is 0 Å². The Morgan fingerprint density at radius 3 is 2.47 bits per heavy atom. The molecule has 2 rings (SSSR count). The standard InChI is InChI=1S/C16H21N3/c1-3-15(17)16-10-9-14(11-18-16)19(2)12-13-7-5-4-6-8-13/h4-11,15H,3,12,17H2,1-2H3/t15-/m1/s1. The molecule has 2 N–H and O–H groups in total. The van der Waals surface area contributed by atoms with E-state index in [1.54, 1.807) is 0 Å². The predicted molar refractivity (Wildman–Crippen MR) is 80.0 cm³/mol. The maximum atomic E-state index is 5.97. The van der Waals surface area contributed by atoms with E-state index in [1.165, 1.54) is 5.56 Å². The second-order valence-electron chi connectivity index (χ2n) is 4.80. The van der Waals surface area contributed by atoms with Crippen LogP contribution in [0.15, 0.2) is 48.7 Å². The lowest BCUT2D eigenvalue weighted by molar-refractivity contribution is 0.675. The van der Waals surface area contributed by atoms with Gasteiger partial charge in [0.05, 0.1) is 17.6 Å². The van der Waals surface area contributed by atoms with Gasteiger partial charge in [0.25, 0.3) is 0 Å². The lowest BCUT2D eigenvalue weighted by Gasteiger charge is -2.19. The predicted octanol–water partition coefficient (Wildman–Crippen LogP) is 3.13. The third-order valence-electron chi connectivity index (χ3n) is 3.29. The smallest absolute Gasteiger partial charge is 0.0572 e. The number of nitrogens with zero attached hydrogens (tertiary/aromatic N) is 2. The molecule has 1 aromatic heterocycles. The van der Waals surface area contributed by atoms with E-state index >= 15 is 0 Å². The number of hydrogen-bond acceptors (Lipinski definition) is 3. The van der Waals surface area contributed by atoms with Gasteiger partial charge in [0.2, 0.25) is 0 Å². The Morgan fingerprint density at radius 2 is 1.89 bits per heavy atom. The second-order valence-corrected chi connectivity index (χ2v) is 4.80. The molecule has 0 unspecified atom stereocenters. The van der Waals surface area contributed by atoms with Crippen molar-refractivity contribution in [1.29, 1.82) is 0 Å². The molecule has 0 amide bonds. The fourth-order valence-electron chi connectivity index (χ4n) is 2.00. The molecule has 1 atom stereocenters. The average Bonchev–Trinajstić information content (AvgIpc) is 2.47. The van der Waals surface area contributed by atoms with Gasteiger partial charge >= 0.3 is 0 Å². The first-order valence-electron chi connectivity index (χ1n) is 6.67. The Hall–Kier alpha value is -1.87. The highest BCUT2D eigenvalue weighted by atomic mass is 15.1. The van der Waals surface area contributed by atoms with Crippen molar-refractivity contribution in [1.82, 2.24) is 4.98 Å². The van der Waals surface area contributed by atoms with Crippen LogP contribution in [0.4, 0.5) is 5.69 Å². The summed E-state index contributed by atoms with van der Waals surface area (Å²) in [4.78, 5) is 6.63. The first-order valence-corrected chi connectivity index (χ1v) is 6.67. The van der Waals surface area contributed by atoms with E-state index in [0.29, 0.717) is 0 Å². The fourth-order valence-corrected chi connectivity index (χ4v) is 2.00. The Bertz CT molecular complexity index is 493. The number of rotatable bonds is 5. The minimum Gasteiger partial charge on any atom is -0.369 e. The number of nitrogens with two attached hydrogens (primary N) is 1. The molecule has 2 aromatic rings. The monoisotopic (exact) mass is 255 g/mol. The average molecular weight is 255 g/mol. The van der Waals surface area contributed by atoms with Gasteiger partial charge in [-0.3, -0.25) is 4.98 Å². The molecule has 0 radical (unpaired) electrons. The molecule has 100 valence electrons. The quantitative estimate of drug-likeness (QED) is 0.892. The van der Waals surface area contributed by atoms with Crippen molar-refractivity contribution in [3.8, 4) is 0 Å². The van der Waals surface area contributed by atoms with Crippen LogP contribution in [0, 0.1) is 0 Å². The second kappa shape index (κ2) is 6.34. The fraction of sp³-hybridized carbons (Fsp3) is 0.312. The zero-order chi connectivity index (χ0) is 13.7. The summed E-state index contributed by atoms with van der Waals surface area (Å²) in [5, 5.41) is 0. The molecule has 0 aliphatic carbocycles. The van der Waals surface area contributed by atoms with Gasteiger partial charge in [-0.15, -0.1) is 0 Å². The minimum atomic E-state index is 0.0356. The van der Waals surface area contributed by atoms with Crippen molar-refractivity contribution >= 4 is 5.69 Å². The molecular formula is C16H21N3. The van der Waals surface area contributed by atoms with Crippen LogP contribution in [-0.2, 0) is 6.54 Å². The number of hydrogen-bond donors (Lipinski definition) is 1. The van der Waals surface area contributed by atoms with E-state index < -0.39 is 0 Å². The highest BCUT2D eigenvalue weighted by molar-refractivity contribution is 5.44. The molecule has 3 nitrogen and oxygen atoms in total. The van der Waals surface area contributed by atoms with Gasteiger partial charge in [-0.2, -0.15) is 0 Å². The summed E-state index contributed by atoms with van der Waals surface area (Å²) < 4.78 is 0. The van der Waals surface area contributed by atoms with Crippen molar-refractivity contribution in [3.63, 3.8) is 0 Å². The van der Waals surface area contributed by atoms with Crippen LogP contribution in [0.25, 0.3) is 0 Å². The zero-order valence-corrected chi connectivity index (χ0v) is 11.6. The number of anilines is 1. The van der Waals surface area contributed by atoms with Crippen molar-refractivity contribution in [2.75, 3.05) is 11.9 Å². The first-order chi connectivity index (χ1) is 9.20. The maximum absolute atomic E-state index is 5.97. The minimum absolute atomic E-state index is 0.0356. The highest BCUT2D eigenvalue weighted by Gasteiger charge is 2.06. The summed E-state index contributed by atoms with van der Waals surface area (Å²) in [6, 6.07) is 14.6.